The van der Waals surface area contributed by atoms with Crippen LogP contribution in [0.5, 0.6) is 0 Å². The van der Waals surface area contributed by atoms with Crippen LogP contribution in [0.3, 0.4) is 0 Å². The normalized spacial score (nSPS) is 9.20. The van der Waals surface area contributed by atoms with Gasteiger partial charge in [-0.2, -0.15) is 0 Å². The molecule has 0 bridgehead atoms. The van der Waals surface area contributed by atoms with E-state index in [1.807, 2.05) is 36.6 Å². The first-order chi connectivity index (χ1) is 4.93. The van der Waals surface area contributed by atoms with E-state index in [9.17, 15) is 4.79 Å². The summed E-state index contributed by atoms with van der Waals surface area (Å²) < 4.78 is 0. The third-order valence-electron chi connectivity index (χ3n) is 1.04. The van der Waals surface area contributed by atoms with Gasteiger partial charge in [0.1, 0.15) is 0 Å². The number of hydrogen-bond acceptors (Lipinski definition) is 2. The Hall–Kier alpha value is -0.760. The number of thioether (sulfide) groups is 1. The Bertz CT molecular complexity index is 196. The maximum Gasteiger partial charge on any atom is 0.209 e. The molecule has 1 rings (SSSR count). The van der Waals surface area contributed by atoms with Gasteiger partial charge >= 0.3 is 0 Å². The minimum absolute atomic E-state index is 0.421. The second-order valence-corrected chi connectivity index (χ2v) is 2.79. The Labute approximate surface area is 64.4 Å². The van der Waals surface area contributed by atoms with Gasteiger partial charge in [0, 0.05) is 4.90 Å². The minimum atomic E-state index is 0.421. The Morgan fingerprint density at radius 3 is 2.60 bits per heavy atom. The quantitative estimate of drug-likeness (QED) is 0.613. The highest BCUT2D eigenvalue weighted by Crippen LogP contribution is 2.14. The molecule has 0 fully saturated rings. The second-order valence-electron chi connectivity index (χ2n) is 1.75. The van der Waals surface area contributed by atoms with Gasteiger partial charge in [-0.25, -0.2) is 0 Å². The van der Waals surface area contributed by atoms with Crippen molar-refractivity contribution in [2.45, 2.75) is 4.90 Å². The molecule has 0 N–H and O–H groups in total. The van der Waals surface area contributed by atoms with Crippen LogP contribution in [-0.4, -0.2) is 12.0 Å². The first-order valence-corrected chi connectivity index (χ1v) is 3.95. The molecule has 51 valence electrons. The molecule has 0 unspecified atom stereocenters. The van der Waals surface area contributed by atoms with E-state index in [2.05, 4.69) is 0 Å². The monoisotopic (exact) mass is 151 g/mol. The molecular formula is C8H7OS. The zero-order valence-electron chi connectivity index (χ0n) is 5.41. The SMILES string of the molecule is O=[C]CSc1ccccc1. The molecule has 2 heteroatoms. The predicted octanol–water partition coefficient (Wildman–Crippen LogP) is 1.89. The first-order valence-electron chi connectivity index (χ1n) is 2.96. The lowest BCUT2D eigenvalue weighted by Crippen LogP contribution is -1.76. The molecule has 10 heavy (non-hydrogen) atoms. The van der Waals surface area contributed by atoms with Gasteiger partial charge < -0.3 is 0 Å². The van der Waals surface area contributed by atoms with Crippen molar-refractivity contribution >= 4 is 18.0 Å². The molecule has 0 amide bonds. The molecule has 0 aliphatic heterocycles. The Morgan fingerprint density at radius 2 is 2.00 bits per heavy atom. The second kappa shape index (κ2) is 4.12. The predicted molar refractivity (Wildman–Crippen MR) is 42.9 cm³/mol. The van der Waals surface area contributed by atoms with Crippen LogP contribution in [0.2, 0.25) is 0 Å². The summed E-state index contributed by atoms with van der Waals surface area (Å²) in [7, 11) is 0. The van der Waals surface area contributed by atoms with Crippen LogP contribution in [0.1, 0.15) is 0 Å². The van der Waals surface area contributed by atoms with Gasteiger partial charge in [-0.15, -0.1) is 11.8 Å². The summed E-state index contributed by atoms with van der Waals surface area (Å²) in [5, 5.41) is 0. The number of benzene rings is 1. The van der Waals surface area contributed by atoms with Crippen LogP contribution in [-0.2, 0) is 4.79 Å². The van der Waals surface area contributed by atoms with Gasteiger partial charge in [0.25, 0.3) is 0 Å². The van der Waals surface area contributed by atoms with E-state index in [4.69, 9.17) is 0 Å². The van der Waals surface area contributed by atoms with E-state index in [-0.39, 0.29) is 0 Å². The van der Waals surface area contributed by atoms with Gasteiger partial charge in [0.2, 0.25) is 6.29 Å². The molecule has 0 aliphatic carbocycles. The topological polar surface area (TPSA) is 17.1 Å². The van der Waals surface area contributed by atoms with Crippen molar-refractivity contribution < 1.29 is 4.79 Å². The van der Waals surface area contributed by atoms with Gasteiger partial charge in [0.05, 0.1) is 5.75 Å². The lowest BCUT2D eigenvalue weighted by molar-refractivity contribution is 0.560. The van der Waals surface area contributed by atoms with E-state index in [0.29, 0.717) is 5.75 Å². The summed E-state index contributed by atoms with van der Waals surface area (Å²) >= 11 is 1.50. The van der Waals surface area contributed by atoms with Crippen molar-refractivity contribution in [3.8, 4) is 0 Å². The molecule has 1 radical (unpaired) electrons. The van der Waals surface area contributed by atoms with Gasteiger partial charge in [0.15, 0.2) is 0 Å². The van der Waals surface area contributed by atoms with Crippen LogP contribution in [0.4, 0.5) is 0 Å². The van der Waals surface area contributed by atoms with Gasteiger partial charge in [-0.1, -0.05) is 18.2 Å². The summed E-state index contributed by atoms with van der Waals surface area (Å²) in [6.45, 7) is 0. The Balaban J connectivity index is 2.50. The fraction of sp³-hybridized carbons (Fsp3) is 0.125. The van der Waals surface area contributed by atoms with Crippen molar-refractivity contribution in [3.63, 3.8) is 0 Å². The third-order valence-corrected chi connectivity index (χ3v) is 1.91. The highest BCUT2D eigenvalue weighted by atomic mass is 32.2. The van der Waals surface area contributed by atoms with Crippen molar-refractivity contribution in [1.82, 2.24) is 0 Å². The molecule has 1 nitrogen and oxygen atoms in total. The van der Waals surface area contributed by atoms with Crippen LogP contribution in [0, 0.1) is 0 Å². The highest BCUT2D eigenvalue weighted by molar-refractivity contribution is 7.99. The third kappa shape index (κ3) is 2.23. The van der Waals surface area contributed by atoms with Crippen LogP contribution in [0.25, 0.3) is 0 Å². The smallest absolute Gasteiger partial charge is 0.209 e. The van der Waals surface area contributed by atoms with Gasteiger partial charge in [-0.05, 0) is 12.1 Å². The average molecular weight is 151 g/mol. The van der Waals surface area contributed by atoms with E-state index >= 15 is 0 Å². The van der Waals surface area contributed by atoms with Crippen molar-refractivity contribution in [3.05, 3.63) is 30.3 Å². The van der Waals surface area contributed by atoms with Crippen LogP contribution < -0.4 is 0 Å². The lowest BCUT2D eigenvalue weighted by Gasteiger charge is -1.92. The van der Waals surface area contributed by atoms with E-state index < -0.39 is 0 Å². The average Bonchev–Trinajstić information content (AvgIpc) is 2.03. The number of carbonyl (C=O) groups excluding carboxylic acids is 1. The van der Waals surface area contributed by atoms with Crippen molar-refractivity contribution in [2.24, 2.45) is 0 Å². The van der Waals surface area contributed by atoms with Gasteiger partial charge in [-0.3, -0.25) is 4.79 Å². The van der Waals surface area contributed by atoms with E-state index in [1.165, 1.54) is 11.8 Å². The molecule has 0 saturated heterocycles. The minimum Gasteiger partial charge on any atom is -0.290 e. The highest BCUT2D eigenvalue weighted by Gasteiger charge is 1.88. The first kappa shape index (κ1) is 7.35. The van der Waals surface area contributed by atoms with Crippen molar-refractivity contribution in [2.75, 3.05) is 5.75 Å². The molecule has 0 aromatic heterocycles. The summed E-state index contributed by atoms with van der Waals surface area (Å²) in [6, 6.07) is 9.80. The maximum atomic E-state index is 9.83. The molecule has 0 spiro atoms. The molecular weight excluding hydrogens is 144 g/mol. The maximum absolute atomic E-state index is 9.83. The van der Waals surface area contributed by atoms with E-state index in [0.717, 1.165) is 4.90 Å². The summed E-state index contributed by atoms with van der Waals surface area (Å²) in [5.74, 6) is 0.421. The van der Waals surface area contributed by atoms with Crippen molar-refractivity contribution in [1.29, 1.82) is 0 Å². The molecule has 0 saturated carbocycles. The molecule has 1 aromatic carbocycles. The fourth-order valence-corrected chi connectivity index (χ4v) is 1.20. The Morgan fingerprint density at radius 1 is 1.30 bits per heavy atom. The summed E-state index contributed by atoms with van der Waals surface area (Å²) in [4.78, 5) is 10.9. The molecule has 0 aliphatic rings. The molecule has 0 atom stereocenters. The molecule has 1 aromatic rings. The zero-order chi connectivity index (χ0) is 7.23. The van der Waals surface area contributed by atoms with Crippen LogP contribution >= 0.6 is 11.8 Å². The van der Waals surface area contributed by atoms with E-state index in [1.54, 1.807) is 0 Å². The molecule has 0 heterocycles. The fourth-order valence-electron chi connectivity index (χ4n) is 0.630. The largest absolute Gasteiger partial charge is 0.290 e. The van der Waals surface area contributed by atoms with Crippen LogP contribution in [0.15, 0.2) is 35.2 Å². The standard InChI is InChI=1S/C8H7OS/c9-6-7-10-8-4-2-1-3-5-8/h1-5H,7H2. The summed E-state index contributed by atoms with van der Waals surface area (Å²) in [5.41, 5.74) is 0. The summed E-state index contributed by atoms with van der Waals surface area (Å²) in [6.07, 6.45) is 1.83. The number of hydrogen-bond donors (Lipinski definition) is 0. The zero-order valence-corrected chi connectivity index (χ0v) is 6.23. The number of rotatable bonds is 3. The Kier molecular flexibility index (Phi) is 3.03. The lowest BCUT2D eigenvalue weighted by atomic mass is 10.4.